The van der Waals surface area contributed by atoms with Gasteiger partial charge in [0.2, 0.25) is 0 Å². The van der Waals surface area contributed by atoms with E-state index in [1.807, 2.05) is 6.08 Å². The number of anilines is 1. The van der Waals surface area contributed by atoms with E-state index in [4.69, 9.17) is 0 Å². The molecule has 0 bridgehead atoms. The molecule has 1 atom stereocenters. The van der Waals surface area contributed by atoms with Crippen LogP contribution < -0.4 is 10.2 Å². The van der Waals surface area contributed by atoms with Crippen LogP contribution in [0.4, 0.5) is 15.8 Å². The van der Waals surface area contributed by atoms with E-state index in [9.17, 15) is 9.18 Å². The second-order valence-corrected chi connectivity index (χ2v) is 10.2. The molecule has 2 aromatic rings. The Morgan fingerprint density at radius 3 is 2.61 bits per heavy atom. The molecule has 1 N–H and O–H groups in total. The summed E-state index contributed by atoms with van der Waals surface area (Å²) in [5.74, 6) is -0.0331. The standard InChI is InChI=1S/C25H28FN3OS/c1-15(2)29-21-11-6-17(12-20(21)16(3)14-25(29,4)5)13-22-23(30)28-24(31-22)27-19-9-7-18(26)8-10-19/h6-13,15-16H,14H2,1-5H3,(H,27,28,30)/b22-13-. The Bertz CT molecular complexity index is 1070. The molecule has 2 aliphatic rings. The molecule has 4 nitrogen and oxygen atoms in total. The van der Waals surface area contributed by atoms with Crippen molar-refractivity contribution in [2.24, 2.45) is 4.99 Å². The van der Waals surface area contributed by atoms with E-state index >= 15 is 0 Å². The van der Waals surface area contributed by atoms with E-state index in [0.29, 0.717) is 27.7 Å². The van der Waals surface area contributed by atoms with Gasteiger partial charge in [0.05, 0.1) is 10.6 Å². The molecule has 2 aromatic carbocycles. The lowest BCUT2D eigenvalue weighted by atomic mass is 9.79. The van der Waals surface area contributed by atoms with Crippen LogP contribution in [0, 0.1) is 5.82 Å². The molecule has 1 unspecified atom stereocenters. The average molecular weight is 438 g/mol. The van der Waals surface area contributed by atoms with Crippen LogP contribution in [0.5, 0.6) is 0 Å². The molecule has 31 heavy (non-hydrogen) atoms. The normalized spacial score (nSPS) is 22.9. The van der Waals surface area contributed by atoms with Crippen molar-refractivity contribution in [3.05, 3.63) is 64.3 Å². The highest BCUT2D eigenvalue weighted by Gasteiger charge is 2.37. The molecular weight excluding hydrogens is 409 g/mol. The van der Waals surface area contributed by atoms with E-state index in [1.54, 1.807) is 12.1 Å². The lowest BCUT2D eigenvalue weighted by Gasteiger charge is -2.50. The van der Waals surface area contributed by atoms with Crippen LogP contribution in [0.15, 0.2) is 52.4 Å². The van der Waals surface area contributed by atoms with Crippen molar-refractivity contribution in [1.29, 1.82) is 0 Å². The highest BCUT2D eigenvalue weighted by atomic mass is 32.2. The molecule has 6 heteroatoms. The van der Waals surface area contributed by atoms with Crippen molar-refractivity contribution in [2.75, 3.05) is 4.90 Å². The first-order chi connectivity index (χ1) is 14.6. The fourth-order valence-corrected chi connectivity index (χ4v) is 5.64. The number of aliphatic imine (C=N–C) groups is 1. The fraction of sp³-hybridized carbons (Fsp3) is 0.360. The molecule has 1 saturated heterocycles. The second-order valence-electron chi connectivity index (χ2n) is 9.16. The zero-order chi connectivity index (χ0) is 22.3. The van der Waals surface area contributed by atoms with Crippen LogP contribution in [-0.4, -0.2) is 22.7 Å². The van der Waals surface area contributed by atoms with Gasteiger partial charge in [-0.05, 0) is 105 Å². The van der Waals surface area contributed by atoms with E-state index in [2.05, 4.69) is 68.0 Å². The van der Waals surface area contributed by atoms with Crippen molar-refractivity contribution in [1.82, 2.24) is 5.32 Å². The summed E-state index contributed by atoms with van der Waals surface area (Å²) in [5.41, 5.74) is 4.32. The minimum atomic E-state index is -0.311. The Balaban J connectivity index is 1.62. The van der Waals surface area contributed by atoms with Gasteiger partial charge in [-0.1, -0.05) is 13.0 Å². The van der Waals surface area contributed by atoms with E-state index in [0.717, 1.165) is 12.0 Å². The Kier molecular flexibility index (Phi) is 5.69. The van der Waals surface area contributed by atoms with E-state index in [-0.39, 0.29) is 17.3 Å². The van der Waals surface area contributed by atoms with Gasteiger partial charge in [-0.2, -0.15) is 0 Å². The zero-order valence-electron chi connectivity index (χ0n) is 18.6. The monoisotopic (exact) mass is 437 g/mol. The summed E-state index contributed by atoms with van der Waals surface area (Å²) in [6.07, 6.45) is 3.00. The Hall–Kier alpha value is -2.60. The Morgan fingerprint density at radius 2 is 1.94 bits per heavy atom. The first kappa shape index (κ1) is 21.6. The number of hydrogen-bond acceptors (Lipinski definition) is 4. The van der Waals surface area contributed by atoms with Gasteiger partial charge in [0.15, 0.2) is 5.17 Å². The summed E-state index contributed by atoms with van der Waals surface area (Å²) in [6.45, 7) is 11.4. The molecule has 2 aliphatic heterocycles. The van der Waals surface area contributed by atoms with Crippen molar-refractivity contribution in [2.45, 2.75) is 58.5 Å². The molecule has 0 aliphatic carbocycles. The van der Waals surface area contributed by atoms with Gasteiger partial charge >= 0.3 is 0 Å². The second kappa shape index (κ2) is 8.15. The third-order valence-electron chi connectivity index (χ3n) is 5.82. The highest BCUT2D eigenvalue weighted by molar-refractivity contribution is 8.18. The number of rotatable bonds is 3. The Labute approximate surface area is 187 Å². The summed E-state index contributed by atoms with van der Waals surface area (Å²) in [5, 5.41) is 3.30. The van der Waals surface area contributed by atoms with Gasteiger partial charge in [-0.15, -0.1) is 0 Å². The molecular formula is C25H28FN3OS. The van der Waals surface area contributed by atoms with Crippen LogP contribution >= 0.6 is 11.8 Å². The number of thioether (sulfide) groups is 1. The first-order valence-corrected chi connectivity index (χ1v) is 11.4. The topological polar surface area (TPSA) is 44.7 Å². The van der Waals surface area contributed by atoms with Crippen molar-refractivity contribution >= 4 is 40.3 Å². The van der Waals surface area contributed by atoms with Crippen molar-refractivity contribution < 1.29 is 9.18 Å². The third-order valence-corrected chi connectivity index (χ3v) is 6.73. The number of carbonyl (C=O) groups excluding carboxylic acids is 1. The van der Waals surface area contributed by atoms with Gasteiger partial charge in [-0.3, -0.25) is 4.79 Å². The molecule has 4 rings (SSSR count). The number of benzene rings is 2. The van der Waals surface area contributed by atoms with Crippen molar-refractivity contribution in [3.63, 3.8) is 0 Å². The molecule has 1 amide bonds. The molecule has 2 heterocycles. The minimum absolute atomic E-state index is 0.105. The van der Waals surface area contributed by atoms with Gasteiger partial charge in [0, 0.05) is 17.3 Å². The summed E-state index contributed by atoms with van der Waals surface area (Å²) in [7, 11) is 0. The van der Waals surface area contributed by atoms with Crippen LogP contribution in [0.3, 0.4) is 0 Å². The third kappa shape index (κ3) is 4.40. The van der Waals surface area contributed by atoms with Gasteiger partial charge < -0.3 is 10.2 Å². The molecule has 0 saturated carbocycles. The predicted molar refractivity (Wildman–Crippen MR) is 128 cm³/mol. The number of nitrogens with one attached hydrogen (secondary N) is 1. The predicted octanol–water partition coefficient (Wildman–Crippen LogP) is 6.22. The highest BCUT2D eigenvalue weighted by Crippen LogP contribution is 2.45. The SMILES string of the molecule is CC1CC(C)(C)N(C(C)C)c2ccc(/C=C3\SC(=Nc4ccc(F)cc4)NC3=O)cc21. The number of halogens is 1. The number of amidine groups is 1. The number of hydrogen-bond donors (Lipinski definition) is 1. The summed E-state index contributed by atoms with van der Waals surface area (Å²) < 4.78 is 13.1. The maximum atomic E-state index is 13.1. The summed E-state index contributed by atoms with van der Waals surface area (Å²) in [4.78, 5) is 20.0. The van der Waals surface area contributed by atoms with E-state index in [1.165, 1.54) is 35.1 Å². The van der Waals surface area contributed by atoms with Gasteiger partial charge in [0.25, 0.3) is 5.91 Å². The smallest absolute Gasteiger partial charge is 0.264 e. The average Bonchev–Trinajstić information content (AvgIpc) is 3.02. The van der Waals surface area contributed by atoms with Crippen LogP contribution in [-0.2, 0) is 4.79 Å². The number of amides is 1. The quantitative estimate of drug-likeness (QED) is 0.580. The van der Waals surface area contributed by atoms with Crippen LogP contribution in [0.1, 0.15) is 58.1 Å². The zero-order valence-corrected chi connectivity index (χ0v) is 19.4. The van der Waals surface area contributed by atoms with Crippen molar-refractivity contribution in [3.8, 4) is 0 Å². The Morgan fingerprint density at radius 1 is 1.23 bits per heavy atom. The molecule has 162 valence electrons. The van der Waals surface area contributed by atoms with Gasteiger partial charge in [0.1, 0.15) is 5.82 Å². The largest absolute Gasteiger partial charge is 0.364 e. The van der Waals surface area contributed by atoms with E-state index < -0.39 is 0 Å². The van der Waals surface area contributed by atoms with Crippen LogP contribution in [0.2, 0.25) is 0 Å². The maximum Gasteiger partial charge on any atom is 0.264 e. The lowest BCUT2D eigenvalue weighted by molar-refractivity contribution is -0.115. The number of fused-ring (bicyclic) bond motifs is 1. The molecule has 1 fully saturated rings. The maximum absolute atomic E-state index is 13.1. The van der Waals surface area contributed by atoms with Crippen LogP contribution in [0.25, 0.3) is 6.08 Å². The number of nitrogens with zero attached hydrogens (tertiary/aromatic N) is 2. The minimum Gasteiger partial charge on any atom is -0.364 e. The van der Waals surface area contributed by atoms with Gasteiger partial charge in [-0.25, -0.2) is 9.38 Å². The summed E-state index contributed by atoms with van der Waals surface area (Å²) in [6, 6.07) is 12.8. The lowest BCUT2D eigenvalue weighted by Crippen LogP contribution is -2.51. The molecule has 0 spiro atoms. The number of carbonyl (C=O) groups is 1. The molecule has 0 aromatic heterocycles. The molecule has 0 radical (unpaired) electrons. The summed E-state index contributed by atoms with van der Waals surface area (Å²) >= 11 is 1.30. The fourth-order valence-electron chi connectivity index (χ4n) is 4.80. The first-order valence-electron chi connectivity index (χ1n) is 10.6.